The van der Waals surface area contributed by atoms with Gasteiger partial charge in [-0.2, -0.15) is 4.98 Å². The third-order valence-corrected chi connectivity index (χ3v) is 3.47. The zero-order valence-electron chi connectivity index (χ0n) is 7.89. The minimum Gasteiger partial charge on any atom is -0.480 e. The van der Waals surface area contributed by atoms with Crippen LogP contribution in [0.2, 0.25) is 10.3 Å². The summed E-state index contributed by atoms with van der Waals surface area (Å²) in [6.45, 7) is 0. The number of nitrogens with zero attached hydrogens (tertiary/aromatic N) is 2. The van der Waals surface area contributed by atoms with Gasteiger partial charge in [0.1, 0.15) is 5.52 Å². The molecule has 0 fully saturated rings. The molecule has 0 aliphatic carbocycles. The van der Waals surface area contributed by atoms with Crippen LogP contribution >= 0.6 is 39.1 Å². The van der Waals surface area contributed by atoms with Gasteiger partial charge in [0.2, 0.25) is 11.2 Å². The van der Waals surface area contributed by atoms with Gasteiger partial charge in [-0.05, 0) is 33.6 Å². The van der Waals surface area contributed by atoms with E-state index in [0.717, 1.165) is 6.07 Å². The third-order valence-electron chi connectivity index (χ3n) is 1.95. The number of aromatic nitrogens is 2. The van der Waals surface area contributed by atoms with Crippen molar-refractivity contribution in [1.82, 2.24) is 9.97 Å². The molecule has 0 atom stereocenters. The minimum absolute atomic E-state index is 0.0631. The zero-order valence-corrected chi connectivity index (χ0v) is 11.0. The molecule has 0 N–H and O–H groups in total. The van der Waals surface area contributed by atoms with Crippen LogP contribution in [0.5, 0.6) is 5.88 Å². The predicted molar refractivity (Wildman–Crippen MR) is 63.8 cm³/mol. The van der Waals surface area contributed by atoms with E-state index in [9.17, 15) is 4.39 Å². The number of halogens is 4. The molecule has 0 aliphatic rings. The van der Waals surface area contributed by atoms with Gasteiger partial charge >= 0.3 is 0 Å². The average molecular weight is 326 g/mol. The summed E-state index contributed by atoms with van der Waals surface area (Å²) in [4.78, 5) is 7.64. The van der Waals surface area contributed by atoms with Crippen LogP contribution in [0.15, 0.2) is 10.5 Å². The molecule has 0 amide bonds. The maximum Gasteiger partial charge on any atom is 0.226 e. The Bertz CT molecular complexity index is 579. The molecule has 16 heavy (non-hydrogen) atoms. The van der Waals surface area contributed by atoms with E-state index >= 15 is 0 Å². The molecule has 0 unspecified atom stereocenters. The predicted octanol–water partition coefficient (Wildman–Crippen LogP) is 3.85. The molecular formula is C9H4BrCl2FN2O. The molecule has 84 valence electrons. The smallest absolute Gasteiger partial charge is 0.226 e. The Hall–Kier alpha value is -0.650. The summed E-state index contributed by atoms with van der Waals surface area (Å²) < 4.78 is 19.1. The third kappa shape index (κ3) is 1.83. The summed E-state index contributed by atoms with van der Waals surface area (Å²) in [5.41, 5.74) is 0.0631. The van der Waals surface area contributed by atoms with Crippen LogP contribution < -0.4 is 4.74 Å². The van der Waals surface area contributed by atoms with Crippen molar-refractivity contribution >= 4 is 50.0 Å². The molecule has 3 nitrogen and oxygen atoms in total. The Kier molecular flexibility index (Phi) is 3.19. The highest BCUT2D eigenvalue weighted by Crippen LogP contribution is 2.37. The van der Waals surface area contributed by atoms with Crippen molar-refractivity contribution in [2.24, 2.45) is 0 Å². The van der Waals surface area contributed by atoms with Gasteiger partial charge in [0.05, 0.1) is 22.0 Å². The second-order valence-corrected chi connectivity index (χ2v) is 4.42. The van der Waals surface area contributed by atoms with Crippen molar-refractivity contribution in [3.63, 3.8) is 0 Å². The van der Waals surface area contributed by atoms with E-state index in [2.05, 4.69) is 25.9 Å². The molecular weight excluding hydrogens is 322 g/mol. The number of rotatable bonds is 1. The van der Waals surface area contributed by atoms with Crippen molar-refractivity contribution in [2.75, 3.05) is 7.11 Å². The first-order valence-corrected chi connectivity index (χ1v) is 5.64. The van der Waals surface area contributed by atoms with Crippen molar-refractivity contribution in [3.05, 3.63) is 26.7 Å². The first-order chi connectivity index (χ1) is 7.54. The highest BCUT2D eigenvalue weighted by molar-refractivity contribution is 9.10. The van der Waals surface area contributed by atoms with Crippen LogP contribution in [0.4, 0.5) is 4.39 Å². The number of fused-ring (bicyclic) bond motifs is 1. The van der Waals surface area contributed by atoms with Gasteiger partial charge in [0, 0.05) is 0 Å². The van der Waals surface area contributed by atoms with E-state index in [1.807, 2.05) is 0 Å². The van der Waals surface area contributed by atoms with Gasteiger partial charge in [0.15, 0.2) is 5.82 Å². The molecule has 0 radical (unpaired) electrons. The minimum atomic E-state index is -0.578. The van der Waals surface area contributed by atoms with Crippen LogP contribution in [0.3, 0.4) is 0 Å². The van der Waals surface area contributed by atoms with Crippen LogP contribution in [-0.4, -0.2) is 17.1 Å². The number of ether oxygens (including phenoxy) is 1. The van der Waals surface area contributed by atoms with Gasteiger partial charge in [-0.25, -0.2) is 9.37 Å². The second kappa shape index (κ2) is 4.31. The summed E-state index contributed by atoms with van der Waals surface area (Å²) >= 11 is 14.7. The van der Waals surface area contributed by atoms with E-state index in [4.69, 9.17) is 27.9 Å². The fraction of sp³-hybridized carbons (Fsp3) is 0.111. The van der Waals surface area contributed by atoms with Crippen molar-refractivity contribution in [1.29, 1.82) is 0 Å². The molecule has 0 saturated heterocycles. The van der Waals surface area contributed by atoms with Crippen LogP contribution in [0.25, 0.3) is 10.9 Å². The summed E-state index contributed by atoms with van der Waals surface area (Å²) in [7, 11) is 1.41. The standard InChI is InChI=1S/C9H4BrCl2FN2O/c1-16-8-5-6(10)3(11)2-4(13)7(5)14-9(12)15-8/h2H,1H3. The van der Waals surface area contributed by atoms with E-state index in [1.165, 1.54) is 7.11 Å². The van der Waals surface area contributed by atoms with Crippen molar-refractivity contribution in [3.8, 4) is 5.88 Å². The Morgan fingerprint density at radius 2 is 2.06 bits per heavy atom. The first-order valence-electron chi connectivity index (χ1n) is 4.09. The monoisotopic (exact) mass is 324 g/mol. The number of methoxy groups -OCH3 is 1. The topological polar surface area (TPSA) is 35.0 Å². The van der Waals surface area contributed by atoms with Crippen molar-refractivity contribution in [2.45, 2.75) is 0 Å². The summed E-state index contributed by atoms with van der Waals surface area (Å²) in [6, 6.07) is 1.15. The highest BCUT2D eigenvalue weighted by Gasteiger charge is 2.17. The number of hydrogen-bond acceptors (Lipinski definition) is 3. The largest absolute Gasteiger partial charge is 0.480 e. The SMILES string of the molecule is COc1nc(Cl)nc2c(F)cc(Cl)c(Br)c12. The lowest BCUT2D eigenvalue weighted by Gasteiger charge is -2.08. The van der Waals surface area contributed by atoms with Gasteiger partial charge in [0.25, 0.3) is 0 Å². The maximum atomic E-state index is 13.6. The summed E-state index contributed by atoms with van der Waals surface area (Å²) in [5.74, 6) is -0.408. The van der Waals surface area contributed by atoms with Gasteiger partial charge in [-0.1, -0.05) is 11.6 Å². The van der Waals surface area contributed by atoms with Crippen LogP contribution in [0, 0.1) is 5.82 Å². The summed E-state index contributed by atoms with van der Waals surface area (Å²) in [6.07, 6.45) is 0. The Labute approximate surface area is 109 Å². The molecule has 1 aromatic heterocycles. The quantitative estimate of drug-likeness (QED) is 0.590. The van der Waals surface area contributed by atoms with Crippen molar-refractivity contribution < 1.29 is 9.13 Å². The first kappa shape index (κ1) is 11.8. The van der Waals surface area contributed by atoms with Gasteiger partial charge in [-0.15, -0.1) is 0 Å². The lowest BCUT2D eigenvalue weighted by molar-refractivity contribution is 0.402. The Morgan fingerprint density at radius 3 is 2.69 bits per heavy atom. The van der Waals surface area contributed by atoms with E-state index in [0.29, 0.717) is 9.86 Å². The fourth-order valence-electron chi connectivity index (χ4n) is 1.29. The molecule has 7 heteroatoms. The lowest BCUT2D eigenvalue weighted by Crippen LogP contribution is -1.96. The molecule has 0 aliphatic heterocycles. The average Bonchev–Trinajstić information content (AvgIpc) is 2.25. The second-order valence-electron chi connectivity index (χ2n) is 2.88. The molecule has 1 heterocycles. The normalized spacial score (nSPS) is 10.8. The number of benzene rings is 1. The maximum absolute atomic E-state index is 13.6. The molecule has 2 rings (SSSR count). The van der Waals surface area contributed by atoms with E-state index in [-0.39, 0.29) is 21.7 Å². The lowest BCUT2D eigenvalue weighted by atomic mass is 10.2. The van der Waals surface area contributed by atoms with Crippen LogP contribution in [0.1, 0.15) is 0 Å². The summed E-state index contributed by atoms with van der Waals surface area (Å²) in [5, 5.41) is 0.489. The molecule has 2 aromatic rings. The number of hydrogen-bond donors (Lipinski definition) is 0. The molecule has 1 aromatic carbocycles. The van der Waals surface area contributed by atoms with Gasteiger partial charge < -0.3 is 4.74 Å². The fourth-order valence-corrected chi connectivity index (χ4v) is 2.12. The van der Waals surface area contributed by atoms with E-state index in [1.54, 1.807) is 0 Å². The molecule has 0 saturated carbocycles. The Morgan fingerprint density at radius 1 is 1.38 bits per heavy atom. The Balaban J connectivity index is 2.99. The van der Waals surface area contributed by atoms with Crippen LogP contribution in [-0.2, 0) is 0 Å². The molecule has 0 bridgehead atoms. The van der Waals surface area contributed by atoms with Gasteiger partial charge in [-0.3, -0.25) is 0 Å². The molecule has 0 spiro atoms. The zero-order chi connectivity index (χ0) is 11.9. The highest BCUT2D eigenvalue weighted by atomic mass is 79.9. The van der Waals surface area contributed by atoms with E-state index < -0.39 is 5.82 Å².